The largest absolute Gasteiger partial charge is 0.348 e. The van der Waals surface area contributed by atoms with Crippen LogP contribution in [-0.4, -0.2) is 34.9 Å². The molecule has 8 nitrogen and oxygen atoms in total. The van der Waals surface area contributed by atoms with Gasteiger partial charge in [0.2, 0.25) is 5.56 Å². The number of rotatable bonds is 3. The van der Waals surface area contributed by atoms with Gasteiger partial charge in [-0.1, -0.05) is 0 Å². The molecule has 1 unspecified atom stereocenters. The molecule has 22 heavy (non-hydrogen) atoms. The number of hydrogen-bond donors (Lipinski definition) is 3. The van der Waals surface area contributed by atoms with Crippen LogP contribution in [0.5, 0.6) is 0 Å². The fourth-order valence-electron chi connectivity index (χ4n) is 2.58. The minimum atomic E-state index is -0.535. The summed E-state index contributed by atoms with van der Waals surface area (Å²) in [5, 5.41) is 17.2. The number of benzene rings is 1. The zero-order valence-electron chi connectivity index (χ0n) is 11.6. The lowest BCUT2D eigenvalue weighted by molar-refractivity contribution is -0.384. The predicted molar refractivity (Wildman–Crippen MR) is 80.0 cm³/mol. The SMILES string of the molecule is O=C(NC1CCNC1)c1cc(=O)[nH]c2ccc([N+](=O)[O-])cc12. The van der Waals surface area contributed by atoms with E-state index < -0.39 is 16.4 Å². The molecule has 3 N–H and O–H groups in total. The van der Waals surface area contributed by atoms with Gasteiger partial charge in [0.1, 0.15) is 0 Å². The molecule has 1 amide bonds. The minimum Gasteiger partial charge on any atom is -0.348 e. The Morgan fingerprint density at radius 1 is 1.36 bits per heavy atom. The van der Waals surface area contributed by atoms with Gasteiger partial charge < -0.3 is 15.6 Å². The molecule has 1 aliphatic rings. The molecule has 0 saturated carbocycles. The van der Waals surface area contributed by atoms with Crippen molar-refractivity contribution < 1.29 is 9.72 Å². The number of hydrogen-bond acceptors (Lipinski definition) is 5. The number of carbonyl (C=O) groups excluding carboxylic acids is 1. The molecule has 0 spiro atoms. The summed E-state index contributed by atoms with van der Waals surface area (Å²) in [5.74, 6) is -0.398. The summed E-state index contributed by atoms with van der Waals surface area (Å²) >= 11 is 0. The van der Waals surface area contributed by atoms with E-state index in [1.54, 1.807) is 0 Å². The fourth-order valence-corrected chi connectivity index (χ4v) is 2.58. The second-order valence-corrected chi connectivity index (χ2v) is 5.20. The topological polar surface area (TPSA) is 117 Å². The highest BCUT2D eigenvalue weighted by Gasteiger charge is 2.20. The van der Waals surface area contributed by atoms with E-state index in [2.05, 4.69) is 15.6 Å². The van der Waals surface area contributed by atoms with Gasteiger partial charge in [0, 0.05) is 41.7 Å². The highest BCUT2D eigenvalue weighted by Crippen LogP contribution is 2.21. The van der Waals surface area contributed by atoms with Gasteiger partial charge in [-0.3, -0.25) is 19.7 Å². The van der Waals surface area contributed by atoms with Crippen molar-refractivity contribution in [2.24, 2.45) is 0 Å². The molecule has 0 radical (unpaired) electrons. The zero-order valence-corrected chi connectivity index (χ0v) is 11.6. The van der Waals surface area contributed by atoms with Crippen LogP contribution >= 0.6 is 0 Å². The second-order valence-electron chi connectivity index (χ2n) is 5.20. The van der Waals surface area contributed by atoms with Crippen LogP contribution in [0, 0.1) is 10.1 Å². The number of aromatic amines is 1. The molecule has 1 atom stereocenters. The fraction of sp³-hybridized carbons (Fsp3) is 0.286. The van der Waals surface area contributed by atoms with Gasteiger partial charge in [-0.15, -0.1) is 0 Å². The molecule has 2 heterocycles. The molecule has 1 aromatic carbocycles. The molecule has 1 aromatic heterocycles. The van der Waals surface area contributed by atoms with Crippen LogP contribution in [-0.2, 0) is 0 Å². The van der Waals surface area contributed by atoms with Crippen LogP contribution in [0.1, 0.15) is 16.8 Å². The lowest BCUT2D eigenvalue weighted by Gasteiger charge is -2.12. The molecule has 3 rings (SSSR count). The third-order valence-corrected chi connectivity index (χ3v) is 3.68. The van der Waals surface area contributed by atoms with E-state index in [0.717, 1.165) is 13.0 Å². The summed E-state index contributed by atoms with van der Waals surface area (Å²) in [6.45, 7) is 1.50. The molecule has 1 fully saturated rings. The van der Waals surface area contributed by atoms with Gasteiger partial charge in [-0.05, 0) is 19.0 Å². The number of fused-ring (bicyclic) bond motifs is 1. The van der Waals surface area contributed by atoms with Crippen LogP contribution < -0.4 is 16.2 Å². The summed E-state index contributed by atoms with van der Waals surface area (Å²) in [6, 6.07) is 5.20. The van der Waals surface area contributed by atoms with Crippen LogP contribution in [0.3, 0.4) is 0 Å². The first kappa shape index (κ1) is 14.2. The van der Waals surface area contributed by atoms with Gasteiger partial charge in [0.15, 0.2) is 0 Å². The third kappa shape index (κ3) is 2.68. The first-order chi connectivity index (χ1) is 10.5. The number of carbonyl (C=O) groups is 1. The van der Waals surface area contributed by atoms with E-state index in [0.29, 0.717) is 17.4 Å². The maximum Gasteiger partial charge on any atom is 0.270 e. The molecular weight excluding hydrogens is 288 g/mol. The number of pyridine rings is 1. The highest BCUT2D eigenvalue weighted by molar-refractivity contribution is 6.06. The Morgan fingerprint density at radius 2 is 2.18 bits per heavy atom. The van der Waals surface area contributed by atoms with E-state index >= 15 is 0 Å². The number of aromatic nitrogens is 1. The Balaban J connectivity index is 2.05. The minimum absolute atomic E-state index is 0.000496. The van der Waals surface area contributed by atoms with E-state index in [1.165, 1.54) is 24.3 Å². The maximum atomic E-state index is 12.4. The van der Waals surface area contributed by atoms with Gasteiger partial charge in [0.25, 0.3) is 11.6 Å². The van der Waals surface area contributed by atoms with Crippen molar-refractivity contribution in [2.75, 3.05) is 13.1 Å². The van der Waals surface area contributed by atoms with Gasteiger partial charge in [0.05, 0.1) is 10.5 Å². The molecular formula is C14H14N4O4. The molecule has 2 aromatic rings. The number of nitrogens with one attached hydrogen (secondary N) is 3. The molecule has 0 aliphatic carbocycles. The van der Waals surface area contributed by atoms with Crippen molar-refractivity contribution >= 4 is 22.5 Å². The number of nitrogens with zero attached hydrogens (tertiary/aromatic N) is 1. The van der Waals surface area contributed by atoms with E-state index in [-0.39, 0.29) is 17.3 Å². The lowest BCUT2D eigenvalue weighted by Crippen LogP contribution is -2.36. The van der Waals surface area contributed by atoms with Crippen molar-refractivity contribution in [1.29, 1.82) is 0 Å². The highest BCUT2D eigenvalue weighted by atomic mass is 16.6. The molecule has 1 aliphatic heterocycles. The van der Waals surface area contributed by atoms with Crippen molar-refractivity contribution in [3.63, 3.8) is 0 Å². The van der Waals surface area contributed by atoms with Crippen molar-refractivity contribution in [2.45, 2.75) is 12.5 Å². The summed E-state index contributed by atoms with van der Waals surface area (Å²) < 4.78 is 0. The first-order valence-electron chi connectivity index (χ1n) is 6.87. The monoisotopic (exact) mass is 302 g/mol. The van der Waals surface area contributed by atoms with Crippen molar-refractivity contribution in [1.82, 2.24) is 15.6 Å². The Morgan fingerprint density at radius 3 is 2.86 bits per heavy atom. The second kappa shape index (κ2) is 5.57. The molecule has 0 bridgehead atoms. The van der Waals surface area contributed by atoms with Crippen LogP contribution in [0.15, 0.2) is 29.1 Å². The lowest BCUT2D eigenvalue weighted by atomic mass is 10.1. The van der Waals surface area contributed by atoms with Gasteiger partial charge in [-0.2, -0.15) is 0 Å². The zero-order chi connectivity index (χ0) is 15.7. The average Bonchev–Trinajstić information content (AvgIpc) is 2.98. The summed E-state index contributed by atoms with van der Waals surface area (Å²) in [4.78, 5) is 37.0. The number of non-ortho nitro benzene ring substituents is 1. The average molecular weight is 302 g/mol. The van der Waals surface area contributed by atoms with Crippen LogP contribution in [0.2, 0.25) is 0 Å². The van der Waals surface area contributed by atoms with E-state index in [4.69, 9.17) is 0 Å². The van der Waals surface area contributed by atoms with E-state index in [9.17, 15) is 19.7 Å². The standard InChI is InChI=1S/C14H14N4O4/c19-13-6-11(14(20)16-8-3-4-15-7-8)10-5-9(18(21)22)1-2-12(10)17-13/h1-2,5-6,8,15H,3-4,7H2,(H,16,20)(H,17,19). The number of nitro benzene ring substituents is 1. The molecule has 1 saturated heterocycles. The Bertz CT molecular complexity index is 808. The number of H-pyrrole nitrogens is 1. The van der Waals surface area contributed by atoms with Crippen LogP contribution in [0.4, 0.5) is 5.69 Å². The summed E-state index contributed by atoms with van der Waals surface area (Å²) in [6.07, 6.45) is 0.813. The third-order valence-electron chi connectivity index (χ3n) is 3.68. The Kier molecular flexibility index (Phi) is 3.60. The quantitative estimate of drug-likeness (QED) is 0.564. The molecule has 114 valence electrons. The van der Waals surface area contributed by atoms with Crippen molar-refractivity contribution in [3.8, 4) is 0 Å². The van der Waals surface area contributed by atoms with Gasteiger partial charge in [-0.25, -0.2) is 0 Å². The normalized spacial score (nSPS) is 17.5. The number of nitro groups is 1. The smallest absolute Gasteiger partial charge is 0.270 e. The Hall–Kier alpha value is -2.74. The van der Waals surface area contributed by atoms with Crippen molar-refractivity contribution in [3.05, 3.63) is 50.3 Å². The van der Waals surface area contributed by atoms with Crippen LogP contribution in [0.25, 0.3) is 10.9 Å². The maximum absolute atomic E-state index is 12.4. The molecule has 8 heteroatoms. The first-order valence-corrected chi connectivity index (χ1v) is 6.87. The number of amides is 1. The Labute approximate surface area is 124 Å². The van der Waals surface area contributed by atoms with E-state index in [1.807, 2.05) is 0 Å². The summed E-state index contributed by atoms with van der Waals surface area (Å²) in [7, 11) is 0. The van der Waals surface area contributed by atoms with Gasteiger partial charge >= 0.3 is 0 Å². The predicted octanol–water partition coefficient (Wildman–Crippen LogP) is 0.528. The summed E-state index contributed by atoms with van der Waals surface area (Å²) in [5.41, 5.74) is -0.00525.